The highest BCUT2D eigenvalue weighted by molar-refractivity contribution is 5.79. The molecular formula is C22H28N2O3. The SMILES string of the molecule is CC(=O)NC(CC(=O)NC(C)c1cccc(OC(C)C)c1)c1ccccc1. The summed E-state index contributed by atoms with van der Waals surface area (Å²) in [6.07, 6.45) is 0.269. The smallest absolute Gasteiger partial charge is 0.222 e. The third-order valence-corrected chi connectivity index (χ3v) is 4.08. The van der Waals surface area contributed by atoms with Crippen LogP contribution in [-0.2, 0) is 9.59 Å². The van der Waals surface area contributed by atoms with Crippen molar-refractivity contribution in [3.8, 4) is 5.75 Å². The second-order valence-electron chi connectivity index (χ2n) is 6.90. The second kappa shape index (κ2) is 9.76. The molecule has 0 aliphatic heterocycles. The summed E-state index contributed by atoms with van der Waals surface area (Å²) in [6.45, 7) is 7.34. The van der Waals surface area contributed by atoms with Crippen LogP contribution in [0.4, 0.5) is 0 Å². The molecule has 144 valence electrons. The van der Waals surface area contributed by atoms with Crippen molar-refractivity contribution in [1.82, 2.24) is 10.6 Å². The average Bonchev–Trinajstić information content (AvgIpc) is 2.61. The Morgan fingerprint density at radius 1 is 0.926 bits per heavy atom. The van der Waals surface area contributed by atoms with Crippen LogP contribution < -0.4 is 15.4 Å². The average molecular weight is 368 g/mol. The van der Waals surface area contributed by atoms with Crippen LogP contribution in [0.1, 0.15) is 57.3 Å². The lowest BCUT2D eigenvalue weighted by Crippen LogP contribution is -2.33. The molecule has 0 saturated heterocycles. The molecule has 2 aromatic rings. The molecule has 5 heteroatoms. The maximum absolute atomic E-state index is 12.6. The molecule has 2 N–H and O–H groups in total. The van der Waals surface area contributed by atoms with Gasteiger partial charge in [0.25, 0.3) is 0 Å². The molecule has 0 spiro atoms. The van der Waals surface area contributed by atoms with Crippen LogP contribution in [0, 0.1) is 0 Å². The highest BCUT2D eigenvalue weighted by Crippen LogP contribution is 2.21. The number of carbonyl (C=O) groups is 2. The Labute approximate surface area is 161 Å². The zero-order valence-electron chi connectivity index (χ0n) is 16.4. The second-order valence-corrected chi connectivity index (χ2v) is 6.90. The lowest BCUT2D eigenvalue weighted by atomic mass is 10.0. The summed E-state index contributed by atoms with van der Waals surface area (Å²) >= 11 is 0. The first-order chi connectivity index (χ1) is 12.8. The van der Waals surface area contributed by atoms with E-state index in [9.17, 15) is 9.59 Å². The summed E-state index contributed by atoms with van der Waals surface area (Å²) in [5.41, 5.74) is 1.88. The van der Waals surface area contributed by atoms with Gasteiger partial charge in [-0.1, -0.05) is 42.5 Å². The summed E-state index contributed by atoms with van der Waals surface area (Å²) in [5.74, 6) is 0.493. The van der Waals surface area contributed by atoms with Gasteiger partial charge in [-0.3, -0.25) is 9.59 Å². The van der Waals surface area contributed by atoms with Crippen LogP contribution in [0.25, 0.3) is 0 Å². The molecule has 2 amide bonds. The van der Waals surface area contributed by atoms with Crippen molar-refractivity contribution in [3.05, 3.63) is 65.7 Å². The molecule has 0 bridgehead atoms. The Morgan fingerprint density at radius 3 is 2.22 bits per heavy atom. The fraction of sp³-hybridized carbons (Fsp3) is 0.364. The van der Waals surface area contributed by atoms with E-state index in [1.54, 1.807) is 0 Å². The third kappa shape index (κ3) is 6.77. The number of hydrogen-bond acceptors (Lipinski definition) is 3. The van der Waals surface area contributed by atoms with E-state index < -0.39 is 0 Å². The standard InChI is InChI=1S/C22H28N2O3/c1-15(2)27-20-12-8-11-19(13-20)16(3)23-22(26)14-21(24-17(4)25)18-9-6-5-7-10-18/h5-13,15-16,21H,14H2,1-4H3,(H,23,26)(H,24,25). The molecule has 0 radical (unpaired) electrons. The highest BCUT2D eigenvalue weighted by atomic mass is 16.5. The maximum atomic E-state index is 12.6. The quantitative estimate of drug-likeness (QED) is 0.742. The van der Waals surface area contributed by atoms with Gasteiger partial charge in [0.05, 0.1) is 24.6 Å². The number of nitrogens with one attached hydrogen (secondary N) is 2. The van der Waals surface area contributed by atoms with Crippen molar-refractivity contribution in [2.45, 2.75) is 52.3 Å². The molecule has 2 aromatic carbocycles. The van der Waals surface area contributed by atoms with Crippen LogP contribution in [0.5, 0.6) is 5.75 Å². The van der Waals surface area contributed by atoms with Gasteiger partial charge in [0.1, 0.15) is 5.75 Å². The Bertz CT molecular complexity index is 759. The molecular weight excluding hydrogens is 340 g/mol. The first-order valence-electron chi connectivity index (χ1n) is 9.23. The van der Waals surface area contributed by atoms with Crippen LogP contribution in [0.2, 0.25) is 0 Å². The third-order valence-electron chi connectivity index (χ3n) is 4.08. The monoisotopic (exact) mass is 368 g/mol. The van der Waals surface area contributed by atoms with Crippen LogP contribution in [0.3, 0.4) is 0 Å². The van der Waals surface area contributed by atoms with Gasteiger partial charge in [0.2, 0.25) is 11.8 Å². The predicted molar refractivity (Wildman–Crippen MR) is 106 cm³/mol. The highest BCUT2D eigenvalue weighted by Gasteiger charge is 2.18. The van der Waals surface area contributed by atoms with E-state index in [0.29, 0.717) is 0 Å². The number of carbonyl (C=O) groups excluding carboxylic acids is 2. The predicted octanol–water partition coefficient (Wildman–Crippen LogP) is 3.92. The van der Waals surface area contributed by atoms with Crippen LogP contribution in [0.15, 0.2) is 54.6 Å². The summed E-state index contributed by atoms with van der Waals surface area (Å²) in [6, 6.07) is 16.7. The topological polar surface area (TPSA) is 67.4 Å². The van der Waals surface area contributed by atoms with Crippen LogP contribution >= 0.6 is 0 Å². The van der Waals surface area contributed by atoms with Crippen molar-refractivity contribution >= 4 is 11.8 Å². The maximum Gasteiger partial charge on any atom is 0.222 e. The fourth-order valence-electron chi connectivity index (χ4n) is 2.88. The molecule has 2 rings (SSSR count). The molecule has 0 heterocycles. The molecule has 2 unspecified atom stereocenters. The first kappa shape index (κ1) is 20.5. The summed E-state index contributed by atoms with van der Waals surface area (Å²) in [7, 11) is 0. The van der Waals surface area contributed by atoms with Crippen molar-refractivity contribution in [2.24, 2.45) is 0 Å². The number of amides is 2. The molecule has 0 aliphatic carbocycles. The summed E-state index contributed by atoms with van der Waals surface area (Å²) in [5, 5.41) is 5.86. The molecule has 0 saturated carbocycles. The molecule has 27 heavy (non-hydrogen) atoms. The van der Waals surface area contributed by atoms with E-state index >= 15 is 0 Å². The van der Waals surface area contributed by atoms with E-state index in [2.05, 4.69) is 10.6 Å². The number of ether oxygens (including phenoxy) is 1. The number of hydrogen-bond donors (Lipinski definition) is 2. The van der Waals surface area contributed by atoms with Gasteiger partial charge < -0.3 is 15.4 Å². The van der Waals surface area contributed by atoms with Crippen molar-refractivity contribution in [2.75, 3.05) is 0 Å². The minimum Gasteiger partial charge on any atom is -0.491 e. The Balaban J connectivity index is 2.03. The van der Waals surface area contributed by atoms with E-state index in [-0.39, 0.29) is 36.4 Å². The van der Waals surface area contributed by atoms with E-state index in [0.717, 1.165) is 16.9 Å². The number of rotatable bonds is 8. The zero-order valence-corrected chi connectivity index (χ0v) is 16.4. The van der Waals surface area contributed by atoms with Gasteiger partial charge in [-0.05, 0) is 44.0 Å². The first-order valence-corrected chi connectivity index (χ1v) is 9.23. The fourth-order valence-corrected chi connectivity index (χ4v) is 2.88. The molecule has 5 nitrogen and oxygen atoms in total. The van der Waals surface area contributed by atoms with Crippen LogP contribution in [-0.4, -0.2) is 17.9 Å². The van der Waals surface area contributed by atoms with Crippen molar-refractivity contribution < 1.29 is 14.3 Å². The molecule has 0 aromatic heterocycles. The van der Waals surface area contributed by atoms with E-state index in [4.69, 9.17) is 4.74 Å². The van der Waals surface area contributed by atoms with Gasteiger partial charge in [-0.15, -0.1) is 0 Å². The molecule has 0 aliphatic rings. The Hall–Kier alpha value is -2.82. The van der Waals surface area contributed by atoms with Gasteiger partial charge in [-0.25, -0.2) is 0 Å². The van der Waals surface area contributed by atoms with E-state index in [1.165, 1.54) is 6.92 Å². The Kier molecular flexibility index (Phi) is 7.41. The van der Waals surface area contributed by atoms with Crippen molar-refractivity contribution in [1.29, 1.82) is 0 Å². The lowest BCUT2D eigenvalue weighted by molar-refractivity contribution is -0.123. The normalized spacial score (nSPS) is 12.9. The molecule has 0 fully saturated rings. The summed E-state index contributed by atoms with van der Waals surface area (Å²) < 4.78 is 5.72. The van der Waals surface area contributed by atoms with E-state index in [1.807, 2.05) is 75.4 Å². The summed E-state index contributed by atoms with van der Waals surface area (Å²) in [4.78, 5) is 24.1. The minimum absolute atomic E-state index is 0.0921. The Morgan fingerprint density at radius 2 is 1.59 bits per heavy atom. The lowest BCUT2D eigenvalue weighted by Gasteiger charge is -2.21. The minimum atomic E-state index is -0.355. The molecule has 2 atom stereocenters. The van der Waals surface area contributed by atoms with Gasteiger partial charge in [-0.2, -0.15) is 0 Å². The van der Waals surface area contributed by atoms with Crippen molar-refractivity contribution in [3.63, 3.8) is 0 Å². The zero-order chi connectivity index (χ0) is 19.8. The largest absolute Gasteiger partial charge is 0.491 e. The van der Waals surface area contributed by atoms with Gasteiger partial charge in [0, 0.05) is 6.92 Å². The number of benzene rings is 2. The van der Waals surface area contributed by atoms with Gasteiger partial charge in [0.15, 0.2) is 0 Å². The van der Waals surface area contributed by atoms with Gasteiger partial charge >= 0.3 is 0 Å².